The van der Waals surface area contributed by atoms with Crippen molar-refractivity contribution in [2.45, 2.75) is 22.9 Å². The number of aromatic nitrogens is 2. The number of hydrogen-bond acceptors (Lipinski definition) is 6. The second kappa shape index (κ2) is 9.34. The number of hydrogen-bond donors (Lipinski definition) is 3. The third kappa shape index (κ3) is 5.30. The van der Waals surface area contributed by atoms with E-state index in [1.165, 1.54) is 29.0 Å². The van der Waals surface area contributed by atoms with Crippen molar-refractivity contribution < 1.29 is 14.7 Å². The number of carboxylic acids is 1. The molecule has 0 aliphatic carbocycles. The van der Waals surface area contributed by atoms with Crippen molar-refractivity contribution in [2.24, 2.45) is 0 Å². The standard InChI is InChI=1S/C19H18N4O3S2/c1-2-15(12-7-4-3-5-8-12)27-19-23-22-18(28-19)21-17(26)20-14-10-6-9-13(11-14)16(24)25/h3-11,15H,2H2,1H3,(H,24,25)(H2,20,21,22,26). The van der Waals surface area contributed by atoms with Gasteiger partial charge in [-0.05, 0) is 30.2 Å². The third-order valence-corrected chi connectivity index (χ3v) is 6.12. The summed E-state index contributed by atoms with van der Waals surface area (Å²) in [6.45, 7) is 2.11. The number of benzene rings is 2. The van der Waals surface area contributed by atoms with Crippen LogP contribution in [0.25, 0.3) is 0 Å². The first-order valence-electron chi connectivity index (χ1n) is 8.51. The van der Waals surface area contributed by atoms with Gasteiger partial charge in [0.2, 0.25) is 5.13 Å². The molecular formula is C19H18N4O3S2. The molecule has 0 saturated heterocycles. The van der Waals surface area contributed by atoms with Gasteiger partial charge in [-0.3, -0.25) is 5.32 Å². The van der Waals surface area contributed by atoms with Gasteiger partial charge in [-0.2, -0.15) is 0 Å². The highest BCUT2D eigenvalue weighted by molar-refractivity contribution is 8.01. The number of thioether (sulfide) groups is 1. The van der Waals surface area contributed by atoms with Crippen molar-refractivity contribution in [3.05, 3.63) is 65.7 Å². The number of urea groups is 1. The molecule has 1 atom stereocenters. The topological polar surface area (TPSA) is 104 Å². The summed E-state index contributed by atoms with van der Waals surface area (Å²) in [6.07, 6.45) is 0.942. The van der Waals surface area contributed by atoms with Crippen LogP contribution in [-0.4, -0.2) is 27.3 Å². The van der Waals surface area contributed by atoms with E-state index in [9.17, 15) is 9.59 Å². The molecule has 0 aliphatic rings. The summed E-state index contributed by atoms with van der Waals surface area (Å²) in [7, 11) is 0. The van der Waals surface area contributed by atoms with Crippen LogP contribution in [0.15, 0.2) is 58.9 Å². The lowest BCUT2D eigenvalue weighted by molar-refractivity contribution is 0.0697. The lowest BCUT2D eigenvalue weighted by Crippen LogP contribution is -2.19. The second-order valence-electron chi connectivity index (χ2n) is 5.76. The van der Waals surface area contributed by atoms with Crippen LogP contribution in [0, 0.1) is 0 Å². The van der Waals surface area contributed by atoms with Crippen LogP contribution in [0.2, 0.25) is 0 Å². The van der Waals surface area contributed by atoms with Crippen LogP contribution in [0.4, 0.5) is 15.6 Å². The highest BCUT2D eigenvalue weighted by atomic mass is 32.2. The Balaban J connectivity index is 1.60. The maximum Gasteiger partial charge on any atom is 0.335 e. The minimum atomic E-state index is -1.06. The first-order chi connectivity index (χ1) is 13.5. The lowest BCUT2D eigenvalue weighted by atomic mass is 10.1. The molecule has 2 aromatic carbocycles. The molecule has 1 heterocycles. The number of nitrogens with one attached hydrogen (secondary N) is 2. The SMILES string of the molecule is CCC(Sc1nnc(NC(=O)Nc2cccc(C(=O)O)c2)s1)c1ccccc1. The Morgan fingerprint density at radius 3 is 2.61 bits per heavy atom. The Labute approximate surface area is 170 Å². The summed E-state index contributed by atoms with van der Waals surface area (Å²) in [6, 6.07) is 15.7. The zero-order valence-corrected chi connectivity index (χ0v) is 16.6. The maximum atomic E-state index is 12.1. The van der Waals surface area contributed by atoms with Gasteiger partial charge < -0.3 is 10.4 Å². The molecule has 28 heavy (non-hydrogen) atoms. The molecule has 3 rings (SSSR count). The van der Waals surface area contributed by atoms with Crippen LogP contribution in [0.1, 0.15) is 34.5 Å². The van der Waals surface area contributed by atoms with E-state index in [0.717, 1.165) is 10.8 Å². The number of aromatic carboxylic acids is 1. The molecular weight excluding hydrogens is 396 g/mol. The van der Waals surface area contributed by atoms with Crippen molar-refractivity contribution in [2.75, 3.05) is 10.6 Å². The predicted octanol–water partition coefficient (Wildman–Crippen LogP) is 5.12. The van der Waals surface area contributed by atoms with Gasteiger partial charge in [0, 0.05) is 10.9 Å². The number of amides is 2. The lowest BCUT2D eigenvalue weighted by Gasteiger charge is -2.12. The Hall–Kier alpha value is -2.91. The largest absolute Gasteiger partial charge is 0.478 e. The molecule has 3 aromatic rings. The van der Waals surface area contributed by atoms with Gasteiger partial charge in [0.15, 0.2) is 4.34 Å². The van der Waals surface area contributed by atoms with E-state index in [2.05, 4.69) is 39.9 Å². The van der Waals surface area contributed by atoms with Crippen molar-refractivity contribution in [1.29, 1.82) is 0 Å². The third-order valence-electron chi connectivity index (χ3n) is 3.78. The minimum Gasteiger partial charge on any atom is -0.478 e. The Morgan fingerprint density at radius 2 is 1.89 bits per heavy atom. The molecule has 0 aliphatic heterocycles. The van der Waals surface area contributed by atoms with E-state index in [1.807, 2.05) is 18.2 Å². The van der Waals surface area contributed by atoms with Crippen molar-refractivity contribution in [3.8, 4) is 0 Å². The molecule has 0 spiro atoms. The second-order valence-corrected chi connectivity index (χ2v) is 8.19. The monoisotopic (exact) mass is 414 g/mol. The van der Waals surface area contributed by atoms with Crippen LogP contribution >= 0.6 is 23.1 Å². The van der Waals surface area contributed by atoms with E-state index in [4.69, 9.17) is 5.11 Å². The highest BCUT2D eigenvalue weighted by Crippen LogP contribution is 2.39. The summed E-state index contributed by atoms with van der Waals surface area (Å²) in [5.41, 5.74) is 1.70. The Bertz CT molecular complexity index is 963. The van der Waals surface area contributed by atoms with Crippen molar-refractivity contribution in [1.82, 2.24) is 10.2 Å². The van der Waals surface area contributed by atoms with Gasteiger partial charge in [0.05, 0.1) is 5.56 Å². The Morgan fingerprint density at radius 1 is 1.11 bits per heavy atom. The average molecular weight is 415 g/mol. The van der Waals surface area contributed by atoms with Gasteiger partial charge in [-0.25, -0.2) is 9.59 Å². The van der Waals surface area contributed by atoms with Crippen molar-refractivity contribution in [3.63, 3.8) is 0 Å². The van der Waals surface area contributed by atoms with E-state index in [1.54, 1.807) is 23.9 Å². The number of anilines is 2. The molecule has 1 unspecified atom stereocenters. The van der Waals surface area contributed by atoms with E-state index >= 15 is 0 Å². The quantitative estimate of drug-likeness (QED) is 0.366. The summed E-state index contributed by atoms with van der Waals surface area (Å²) in [4.78, 5) is 23.1. The minimum absolute atomic E-state index is 0.0962. The summed E-state index contributed by atoms with van der Waals surface area (Å²) in [5, 5.41) is 23.0. The van der Waals surface area contributed by atoms with Crippen LogP contribution in [0.5, 0.6) is 0 Å². The normalized spacial score (nSPS) is 11.6. The summed E-state index contributed by atoms with van der Waals surface area (Å²) < 4.78 is 0.763. The Kier molecular flexibility index (Phi) is 6.62. The number of rotatable bonds is 7. The van der Waals surface area contributed by atoms with E-state index in [-0.39, 0.29) is 10.8 Å². The fourth-order valence-electron chi connectivity index (χ4n) is 2.47. The zero-order valence-electron chi connectivity index (χ0n) is 15.0. The molecule has 9 heteroatoms. The number of carbonyl (C=O) groups is 2. The van der Waals surface area contributed by atoms with Gasteiger partial charge >= 0.3 is 12.0 Å². The fourth-order valence-corrected chi connectivity index (χ4v) is 4.52. The van der Waals surface area contributed by atoms with Crippen LogP contribution in [0.3, 0.4) is 0 Å². The molecule has 2 amide bonds. The number of carbonyl (C=O) groups excluding carboxylic acids is 1. The molecule has 0 radical (unpaired) electrons. The van der Waals surface area contributed by atoms with Gasteiger partial charge in [-0.1, -0.05) is 66.4 Å². The molecule has 0 saturated carbocycles. The number of carboxylic acid groups (broad SMARTS) is 1. The molecule has 144 valence electrons. The van der Waals surface area contributed by atoms with Crippen molar-refractivity contribution >= 4 is 45.9 Å². The maximum absolute atomic E-state index is 12.1. The summed E-state index contributed by atoms with van der Waals surface area (Å²) >= 11 is 2.90. The molecule has 1 aromatic heterocycles. The van der Waals surface area contributed by atoms with Gasteiger partial charge in [0.25, 0.3) is 0 Å². The van der Waals surface area contributed by atoms with Crippen LogP contribution in [-0.2, 0) is 0 Å². The molecule has 3 N–H and O–H groups in total. The van der Waals surface area contributed by atoms with E-state index in [0.29, 0.717) is 10.8 Å². The highest BCUT2D eigenvalue weighted by Gasteiger charge is 2.15. The zero-order chi connectivity index (χ0) is 19.9. The average Bonchev–Trinajstić information content (AvgIpc) is 3.13. The first kappa shape index (κ1) is 19.8. The van der Waals surface area contributed by atoms with E-state index < -0.39 is 12.0 Å². The first-order valence-corrected chi connectivity index (χ1v) is 10.2. The van der Waals surface area contributed by atoms with Gasteiger partial charge in [0.1, 0.15) is 0 Å². The van der Waals surface area contributed by atoms with Crippen LogP contribution < -0.4 is 10.6 Å². The number of nitrogens with zero attached hydrogens (tertiary/aromatic N) is 2. The summed E-state index contributed by atoms with van der Waals surface area (Å²) in [5.74, 6) is -1.06. The molecule has 0 bridgehead atoms. The smallest absolute Gasteiger partial charge is 0.335 e. The molecule has 7 nitrogen and oxygen atoms in total. The predicted molar refractivity (Wildman–Crippen MR) is 111 cm³/mol. The van der Waals surface area contributed by atoms with Gasteiger partial charge in [-0.15, -0.1) is 10.2 Å². The molecule has 0 fully saturated rings. The fraction of sp³-hybridized carbons (Fsp3) is 0.158.